The number of para-hydroxylation sites is 1. The number of halogens is 1. The molecule has 32 heavy (non-hydrogen) atoms. The van der Waals surface area contributed by atoms with Crippen molar-refractivity contribution in [3.8, 4) is 5.75 Å². The van der Waals surface area contributed by atoms with E-state index in [-0.39, 0.29) is 17.9 Å². The number of aromatic carboxylic acids is 1. The van der Waals surface area contributed by atoms with Gasteiger partial charge >= 0.3 is 12.0 Å². The first kappa shape index (κ1) is 21.1. The molecule has 1 heterocycles. The van der Waals surface area contributed by atoms with E-state index < -0.39 is 17.9 Å². The third-order valence-electron chi connectivity index (χ3n) is 4.78. The van der Waals surface area contributed by atoms with E-state index in [1.807, 2.05) is 0 Å². The minimum Gasteiger partial charge on any atom is -0.488 e. The van der Waals surface area contributed by atoms with Crippen LogP contribution in [0.3, 0.4) is 0 Å². The molecule has 8 heteroatoms. The predicted octanol–water partition coefficient (Wildman–Crippen LogP) is 4.71. The molecule has 0 bridgehead atoms. The zero-order valence-electron chi connectivity index (χ0n) is 16.6. The fourth-order valence-electron chi connectivity index (χ4n) is 3.15. The molecule has 1 fully saturated rings. The lowest BCUT2D eigenvalue weighted by atomic mass is 10.1. The van der Waals surface area contributed by atoms with E-state index in [0.717, 1.165) is 10.5 Å². The first-order chi connectivity index (χ1) is 15.4. The SMILES string of the molecule is O=C(O)c1ccc(COc2ccccc2/C=C2/NC(=O)N(c3ccc(Cl)cc3)C2=O)cc1. The molecule has 3 aromatic carbocycles. The minimum absolute atomic E-state index is 0.117. The van der Waals surface area contributed by atoms with Gasteiger partial charge in [0.25, 0.3) is 5.91 Å². The molecule has 1 aliphatic heterocycles. The summed E-state index contributed by atoms with van der Waals surface area (Å²) in [6.45, 7) is 0.206. The molecule has 0 saturated carbocycles. The summed E-state index contributed by atoms with van der Waals surface area (Å²) in [5.41, 5.74) is 2.12. The molecule has 0 aliphatic carbocycles. The van der Waals surface area contributed by atoms with Gasteiger partial charge in [-0.2, -0.15) is 0 Å². The summed E-state index contributed by atoms with van der Waals surface area (Å²) in [6.07, 6.45) is 1.55. The number of carboxylic acids is 1. The van der Waals surface area contributed by atoms with Gasteiger partial charge in [-0.15, -0.1) is 0 Å². The first-order valence-corrected chi connectivity index (χ1v) is 9.97. The highest BCUT2D eigenvalue weighted by Gasteiger charge is 2.35. The summed E-state index contributed by atoms with van der Waals surface area (Å²) in [5, 5.41) is 12.1. The Labute approximate surface area is 188 Å². The van der Waals surface area contributed by atoms with Gasteiger partial charge in [-0.05, 0) is 54.1 Å². The molecule has 0 radical (unpaired) electrons. The van der Waals surface area contributed by atoms with Gasteiger partial charge in [0.2, 0.25) is 0 Å². The van der Waals surface area contributed by atoms with E-state index in [0.29, 0.717) is 22.0 Å². The quantitative estimate of drug-likeness (QED) is 0.420. The predicted molar refractivity (Wildman–Crippen MR) is 120 cm³/mol. The van der Waals surface area contributed by atoms with E-state index >= 15 is 0 Å². The van der Waals surface area contributed by atoms with Crippen molar-refractivity contribution in [3.63, 3.8) is 0 Å². The van der Waals surface area contributed by atoms with Gasteiger partial charge in [0, 0.05) is 10.6 Å². The Bertz CT molecular complexity index is 1220. The van der Waals surface area contributed by atoms with Gasteiger partial charge in [-0.3, -0.25) is 4.79 Å². The maximum atomic E-state index is 12.8. The van der Waals surface area contributed by atoms with Crippen LogP contribution in [-0.4, -0.2) is 23.0 Å². The molecule has 3 aromatic rings. The Kier molecular flexibility index (Phi) is 5.91. The van der Waals surface area contributed by atoms with Crippen molar-refractivity contribution in [2.45, 2.75) is 6.61 Å². The van der Waals surface area contributed by atoms with Crippen LogP contribution in [-0.2, 0) is 11.4 Å². The number of carboxylic acid groups (broad SMARTS) is 1. The van der Waals surface area contributed by atoms with E-state index in [4.69, 9.17) is 21.4 Å². The van der Waals surface area contributed by atoms with Crippen molar-refractivity contribution < 1.29 is 24.2 Å². The summed E-state index contributed by atoms with van der Waals surface area (Å²) in [5.74, 6) is -0.976. The van der Waals surface area contributed by atoms with Crippen LogP contribution in [0.5, 0.6) is 5.75 Å². The second-order valence-corrected chi connectivity index (χ2v) is 7.37. The Morgan fingerprint density at radius 2 is 1.69 bits per heavy atom. The second-order valence-electron chi connectivity index (χ2n) is 6.93. The summed E-state index contributed by atoms with van der Waals surface area (Å²) in [6, 6.07) is 19.3. The normalized spacial score (nSPS) is 14.5. The Balaban J connectivity index is 1.53. The number of carbonyl (C=O) groups excluding carboxylic acids is 2. The van der Waals surface area contributed by atoms with E-state index in [2.05, 4.69) is 5.32 Å². The number of nitrogens with one attached hydrogen (secondary N) is 1. The molecular weight excluding hydrogens is 432 g/mol. The van der Waals surface area contributed by atoms with Crippen LogP contribution in [0.1, 0.15) is 21.5 Å². The zero-order chi connectivity index (χ0) is 22.7. The topological polar surface area (TPSA) is 95.9 Å². The van der Waals surface area contributed by atoms with Crippen LogP contribution in [0.2, 0.25) is 5.02 Å². The summed E-state index contributed by atoms with van der Waals surface area (Å²) < 4.78 is 5.88. The number of hydrogen-bond donors (Lipinski definition) is 2. The number of hydrogen-bond acceptors (Lipinski definition) is 4. The third-order valence-corrected chi connectivity index (χ3v) is 5.03. The number of rotatable bonds is 6. The highest BCUT2D eigenvalue weighted by Crippen LogP contribution is 2.27. The number of imide groups is 1. The van der Waals surface area contributed by atoms with Crippen molar-refractivity contribution >= 4 is 41.3 Å². The largest absolute Gasteiger partial charge is 0.488 e. The fourth-order valence-corrected chi connectivity index (χ4v) is 3.28. The zero-order valence-corrected chi connectivity index (χ0v) is 17.4. The van der Waals surface area contributed by atoms with Crippen molar-refractivity contribution in [2.75, 3.05) is 4.90 Å². The number of nitrogens with zero attached hydrogens (tertiary/aromatic N) is 1. The average molecular weight is 449 g/mol. The van der Waals surface area contributed by atoms with Gasteiger partial charge in [-0.25, -0.2) is 14.5 Å². The van der Waals surface area contributed by atoms with Gasteiger partial charge < -0.3 is 15.2 Å². The molecule has 0 aromatic heterocycles. The van der Waals surface area contributed by atoms with E-state index in [1.54, 1.807) is 66.7 Å². The highest BCUT2D eigenvalue weighted by atomic mass is 35.5. The molecule has 1 aliphatic rings. The number of ether oxygens (including phenoxy) is 1. The van der Waals surface area contributed by atoms with E-state index in [1.165, 1.54) is 12.1 Å². The van der Waals surface area contributed by atoms with Gasteiger partial charge in [0.15, 0.2) is 0 Å². The molecule has 0 unspecified atom stereocenters. The van der Waals surface area contributed by atoms with Gasteiger partial charge in [0.1, 0.15) is 18.1 Å². The summed E-state index contributed by atoms with van der Waals surface area (Å²) in [7, 11) is 0. The Morgan fingerprint density at radius 1 is 1.00 bits per heavy atom. The highest BCUT2D eigenvalue weighted by molar-refractivity contribution is 6.31. The van der Waals surface area contributed by atoms with Gasteiger partial charge in [-0.1, -0.05) is 41.9 Å². The third kappa shape index (κ3) is 4.48. The van der Waals surface area contributed by atoms with Crippen molar-refractivity contribution in [2.24, 2.45) is 0 Å². The average Bonchev–Trinajstić information content (AvgIpc) is 3.07. The van der Waals surface area contributed by atoms with Gasteiger partial charge in [0.05, 0.1) is 11.3 Å². The number of benzene rings is 3. The maximum Gasteiger partial charge on any atom is 0.335 e. The standard InChI is InChI=1S/C24H17ClN2O5/c25-18-9-11-19(12-10-18)27-22(28)20(26-24(27)31)13-17-3-1-2-4-21(17)32-14-15-5-7-16(8-6-15)23(29)30/h1-13H,14H2,(H,26,31)(H,29,30)/b20-13+. The van der Waals surface area contributed by atoms with Crippen LogP contribution in [0.25, 0.3) is 6.08 Å². The molecule has 0 spiro atoms. The summed E-state index contributed by atoms with van der Waals surface area (Å²) in [4.78, 5) is 37.2. The molecule has 2 N–H and O–H groups in total. The Morgan fingerprint density at radius 3 is 2.38 bits per heavy atom. The minimum atomic E-state index is -0.995. The number of carbonyl (C=O) groups is 3. The van der Waals surface area contributed by atoms with Crippen LogP contribution in [0.4, 0.5) is 10.5 Å². The molecular formula is C24H17ClN2O5. The number of amides is 3. The molecule has 0 atom stereocenters. The smallest absolute Gasteiger partial charge is 0.335 e. The molecule has 160 valence electrons. The fraction of sp³-hybridized carbons (Fsp3) is 0.0417. The van der Waals surface area contributed by atoms with Crippen molar-refractivity contribution in [1.29, 1.82) is 0 Å². The molecule has 1 saturated heterocycles. The Hall–Kier alpha value is -4.10. The van der Waals surface area contributed by atoms with Crippen LogP contribution in [0, 0.1) is 0 Å². The van der Waals surface area contributed by atoms with Crippen LogP contribution < -0.4 is 15.0 Å². The molecule has 4 rings (SSSR count). The lowest BCUT2D eigenvalue weighted by Gasteiger charge is -2.11. The lowest BCUT2D eigenvalue weighted by molar-refractivity contribution is -0.113. The summed E-state index contributed by atoms with van der Waals surface area (Å²) >= 11 is 5.88. The monoisotopic (exact) mass is 448 g/mol. The number of anilines is 1. The maximum absolute atomic E-state index is 12.8. The lowest BCUT2D eigenvalue weighted by Crippen LogP contribution is -2.30. The van der Waals surface area contributed by atoms with E-state index in [9.17, 15) is 14.4 Å². The van der Waals surface area contributed by atoms with Crippen molar-refractivity contribution in [3.05, 3.63) is 100 Å². The number of urea groups is 1. The first-order valence-electron chi connectivity index (χ1n) is 9.59. The van der Waals surface area contributed by atoms with Crippen molar-refractivity contribution in [1.82, 2.24) is 5.32 Å². The van der Waals surface area contributed by atoms with Crippen LogP contribution in [0.15, 0.2) is 78.5 Å². The van der Waals surface area contributed by atoms with Crippen LogP contribution >= 0.6 is 11.6 Å². The second kappa shape index (κ2) is 8.95. The molecule has 7 nitrogen and oxygen atoms in total. The molecule has 3 amide bonds.